The van der Waals surface area contributed by atoms with E-state index < -0.39 is 6.36 Å². The van der Waals surface area contributed by atoms with Crippen LogP contribution in [0.15, 0.2) is 36.5 Å². The number of hydrogen-bond donors (Lipinski definition) is 1. The first-order chi connectivity index (χ1) is 14.7. The average Bonchev–Trinajstić information content (AvgIpc) is 3.07. The largest absolute Gasteiger partial charge is 0.573 e. The van der Waals surface area contributed by atoms with Gasteiger partial charge in [-0.1, -0.05) is 0 Å². The fraction of sp³-hybridized carbons (Fsp3) is 0.350. The van der Waals surface area contributed by atoms with Gasteiger partial charge in [-0.05, 0) is 24.3 Å². The molecule has 2 aromatic rings. The monoisotopic (exact) mass is 436 g/mol. The molecule has 0 unspecified atom stereocenters. The van der Waals surface area contributed by atoms with Crippen molar-refractivity contribution in [1.29, 1.82) is 0 Å². The van der Waals surface area contributed by atoms with Crippen LogP contribution >= 0.6 is 0 Å². The summed E-state index contributed by atoms with van der Waals surface area (Å²) in [6, 6.07) is 7.30. The van der Waals surface area contributed by atoms with E-state index >= 15 is 0 Å². The second-order valence-corrected chi connectivity index (χ2v) is 7.17. The zero-order chi connectivity index (χ0) is 22.0. The number of amides is 1. The first-order valence-corrected chi connectivity index (χ1v) is 9.58. The smallest absolute Gasteiger partial charge is 0.424 e. The van der Waals surface area contributed by atoms with Gasteiger partial charge in [0.05, 0.1) is 30.5 Å². The van der Waals surface area contributed by atoms with Crippen molar-refractivity contribution < 1.29 is 32.2 Å². The Labute approximate surface area is 175 Å². The highest BCUT2D eigenvalue weighted by Gasteiger charge is 2.31. The van der Waals surface area contributed by atoms with Gasteiger partial charge in [0.15, 0.2) is 5.75 Å². The number of alkyl halides is 3. The molecular formula is C20H19F3N4O4. The Bertz CT molecular complexity index is 973. The number of nitrogens with zero attached hydrogens (tertiary/aromatic N) is 3. The number of rotatable bonds is 5. The summed E-state index contributed by atoms with van der Waals surface area (Å²) < 4.78 is 45.7. The minimum absolute atomic E-state index is 0.131. The van der Waals surface area contributed by atoms with Crippen LogP contribution in [0.4, 0.5) is 24.5 Å². The van der Waals surface area contributed by atoms with Gasteiger partial charge in [0.25, 0.3) is 0 Å². The van der Waals surface area contributed by atoms with Gasteiger partial charge in [0.1, 0.15) is 5.75 Å². The SMILES string of the molecule is O=C(CN1CCN(c2ccc(OC(F)(F)F)cc2)CC1)Nc1cnc2c(c1)OC(=O)C2. The van der Waals surface area contributed by atoms with E-state index in [9.17, 15) is 22.8 Å². The Kier molecular flexibility index (Phi) is 5.68. The highest BCUT2D eigenvalue weighted by molar-refractivity contribution is 5.92. The Morgan fingerprint density at radius 1 is 1.16 bits per heavy atom. The predicted octanol–water partition coefficient (Wildman–Crippen LogP) is 2.20. The van der Waals surface area contributed by atoms with Gasteiger partial charge >= 0.3 is 12.3 Å². The quantitative estimate of drug-likeness (QED) is 0.720. The lowest BCUT2D eigenvalue weighted by Crippen LogP contribution is -2.48. The summed E-state index contributed by atoms with van der Waals surface area (Å²) in [6.45, 7) is 2.68. The molecular weight excluding hydrogens is 417 g/mol. The van der Waals surface area contributed by atoms with Gasteiger partial charge in [0.2, 0.25) is 5.91 Å². The summed E-state index contributed by atoms with van der Waals surface area (Å²) in [6.07, 6.45) is -3.09. The molecule has 0 radical (unpaired) electrons. The van der Waals surface area contributed by atoms with Crippen LogP contribution in [-0.2, 0) is 16.0 Å². The standard InChI is InChI=1S/C20H19F3N4O4/c21-20(22,23)31-15-3-1-14(2-4-15)27-7-5-26(6-8-27)12-18(28)25-13-9-17-16(24-11-13)10-19(29)30-17/h1-4,9,11H,5-8,10,12H2,(H,25,28). The second-order valence-electron chi connectivity index (χ2n) is 7.17. The van der Waals surface area contributed by atoms with E-state index in [1.165, 1.54) is 18.3 Å². The number of piperazine rings is 1. The van der Waals surface area contributed by atoms with Crippen molar-refractivity contribution in [1.82, 2.24) is 9.88 Å². The molecule has 4 rings (SSSR count). The molecule has 11 heteroatoms. The fourth-order valence-corrected chi connectivity index (χ4v) is 3.48. The maximum atomic E-state index is 12.3. The number of aromatic nitrogens is 1. The Morgan fingerprint density at radius 3 is 2.55 bits per heavy atom. The van der Waals surface area contributed by atoms with E-state index in [2.05, 4.69) is 15.0 Å². The number of hydrogen-bond acceptors (Lipinski definition) is 7. The van der Waals surface area contributed by atoms with Crippen LogP contribution in [0.25, 0.3) is 0 Å². The molecule has 1 N–H and O–H groups in total. The van der Waals surface area contributed by atoms with Gasteiger partial charge in [-0.2, -0.15) is 0 Å². The molecule has 2 aliphatic heterocycles. The van der Waals surface area contributed by atoms with Gasteiger partial charge in [0, 0.05) is 37.9 Å². The number of carbonyl (C=O) groups is 2. The molecule has 0 atom stereocenters. The van der Waals surface area contributed by atoms with Crippen molar-refractivity contribution in [2.24, 2.45) is 0 Å². The molecule has 1 fully saturated rings. The molecule has 0 aliphatic carbocycles. The van der Waals surface area contributed by atoms with Crippen LogP contribution in [0.3, 0.4) is 0 Å². The van der Waals surface area contributed by atoms with Crippen LogP contribution in [-0.4, -0.2) is 60.8 Å². The van der Waals surface area contributed by atoms with E-state index in [1.54, 1.807) is 18.2 Å². The first-order valence-electron chi connectivity index (χ1n) is 9.58. The van der Waals surface area contributed by atoms with E-state index in [0.29, 0.717) is 43.3 Å². The number of carbonyl (C=O) groups excluding carboxylic acids is 2. The third-order valence-corrected chi connectivity index (χ3v) is 4.92. The molecule has 1 amide bonds. The highest BCUT2D eigenvalue weighted by atomic mass is 19.4. The first kappa shape index (κ1) is 20.9. The summed E-state index contributed by atoms with van der Waals surface area (Å²) in [5, 5.41) is 2.75. The normalized spacial score (nSPS) is 16.6. The molecule has 31 heavy (non-hydrogen) atoms. The molecule has 8 nitrogen and oxygen atoms in total. The molecule has 0 spiro atoms. The molecule has 164 valence electrons. The van der Waals surface area contributed by atoms with Crippen LogP contribution in [0.2, 0.25) is 0 Å². The van der Waals surface area contributed by atoms with Gasteiger partial charge in [-0.15, -0.1) is 13.2 Å². The average molecular weight is 436 g/mol. The lowest BCUT2D eigenvalue weighted by atomic mass is 10.2. The summed E-state index contributed by atoms with van der Waals surface area (Å²) >= 11 is 0. The number of fused-ring (bicyclic) bond motifs is 1. The number of halogens is 3. The molecule has 2 aliphatic rings. The molecule has 1 aromatic heterocycles. The summed E-state index contributed by atoms with van der Waals surface area (Å²) in [7, 11) is 0. The van der Waals surface area contributed by atoms with Crippen molar-refractivity contribution in [2.75, 3.05) is 42.9 Å². The van der Waals surface area contributed by atoms with Crippen molar-refractivity contribution >= 4 is 23.3 Å². The van der Waals surface area contributed by atoms with Crippen LogP contribution in [0, 0.1) is 0 Å². The zero-order valence-corrected chi connectivity index (χ0v) is 16.3. The molecule has 1 saturated heterocycles. The number of anilines is 2. The topological polar surface area (TPSA) is 84.0 Å². The lowest BCUT2D eigenvalue weighted by Gasteiger charge is -2.35. The second kappa shape index (κ2) is 8.42. The van der Waals surface area contributed by atoms with E-state index in [1.807, 2.05) is 9.80 Å². The van der Waals surface area contributed by atoms with Crippen molar-refractivity contribution in [3.63, 3.8) is 0 Å². The number of esters is 1. The van der Waals surface area contributed by atoms with Crippen LogP contribution in [0.5, 0.6) is 11.5 Å². The third kappa shape index (κ3) is 5.43. The van der Waals surface area contributed by atoms with E-state index in [0.717, 1.165) is 5.69 Å². The Balaban J connectivity index is 1.25. The Morgan fingerprint density at radius 2 is 1.87 bits per heavy atom. The van der Waals surface area contributed by atoms with Crippen LogP contribution < -0.4 is 19.7 Å². The highest BCUT2D eigenvalue weighted by Crippen LogP contribution is 2.27. The zero-order valence-electron chi connectivity index (χ0n) is 16.3. The maximum Gasteiger partial charge on any atom is 0.573 e. The minimum atomic E-state index is -4.71. The molecule has 1 aromatic carbocycles. The van der Waals surface area contributed by atoms with E-state index in [-0.39, 0.29) is 30.6 Å². The fourth-order valence-electron chi connectivity index (χ4n) is 3.48. The number of benzene rings is 1. The maximum absolute atomic E-state index is 12.3. The number of pyridine rings is 1. The summed E-state index contributed by atoms with van der Waals surface area (Å²) in [5.41, 5.74) is 1.80. The van der Waals surface area contributed by atoms with E-state index in [4.69, 9.17) is 4.74 Å². The van der Waals surface area contributed by atoms with Crippen molar-refractivity contribution in [3.8, 4) is 11.5 Å². The molecule has 0 bridgehead atoms. The molecule has 3 heterocycles. The van der Waals surface area contributed by atoms with Crippen molar-refractivity contribution in [3.05, 3.63) is 42.2 Å². The number of nitrogens with one attached hydrogen (secondary N) is 1. The minimum Gasteiger partial charge on any atom is -0.424 e. The molecule has 0 saturated carbocycles. The van der Waals surface area contributed by atoms with Gasteiger partial charge in [-0.25, -0.2) is 0 Å². The van der Waals surface area contributed by atoms with Gasteiger partial charge in [-0.3, -0.25) is 19.5 Å². The lowest BCUT2D eigenvalue weighted by molar-refractivity contribution is -0.274. The van der Waals surface area contributed by atoms with Crippen LogP contribution in [0.1, 0.15) is 5.69 Å². The summed E-state index contributed by atoms with van der Waals surface area (Å²) in [4.78, 5) is 31.8. The number of ether oxygens (including phenoxy) is 2. The predicted molar refractivity (Wildman–Crippen MR) is 104 cm³/mol. The van der Waals surface area contributed by atoms with Crippen molar-refractivity contribution in [2.45, 2.75) is 12.8 Å². The third-order valence-electron chi connectivity index (χ3n) is 4.92. The van der Waals surface area contributed by atoms with Gasteiger partial charge < -0.3 is 19.7 Å². The summed E-state index contributed by atoms with van der Waals surface area (Å²) in [5.74, 6) is -0.482. The Hall–Kier alpha value is -3.34.